The number of carboxylic acids is 2. The quantitative estimate of drug-likeness (QED) is 0.471. The molecule has 0 aliphatic carbocycles. The van der Waals surface area contributed by atoms with E-state index >= 15 is 0 Å². The van der Waals surface area contributed by atoms with Gasteiger partial charge in [0.25, 0.3) is 5.91 Å². The zero-order chi connectivity index (χ0) is 21.3. The monoisotopic (exact) mass is 471 g/mol. The molecule has 1 fully saturated rings. The fraction of sp³-hybridized carbons (Fsp3) is 0.111. The number of hydrogen-bond acceptors (Lipinski definition) is 6. The highest BCUT2D eigenvalue weighted by atomic mass is 35.5. The van der Waals surface area contributed by atoms with E-state index in [1.54, 1.807) is 30.3 Å². The lowest BCUT2D eigenvalue weighted by molar-refractivity contribution is -0.150. The smallest absolute Gasteiger partial charge is 0.327 e. The van der Waals surface area contributed by atoms with Crippen molar-refractivity contribution in [3.05, 3.63) is 51.0 Å². The second-order valence-corrected chi connectivity index (χ2v) is 8.35. The third-order valence-corrected chi connectivity index (χ3v) is 5.76. The molecule has 1 aromatic heterocycles. The molecule has 150 valence electrons. The highest BCUT2D eigenvalue weighted by molar-refractivity contribution is 8.26. The van der Waals surface area contributed by atoms with E-state index in [1.807, 2.05) is 0 Å². The Labute approximate surface area is 183 Å². The first kappa shape index (κ1) is 21.4. The van der Waals surface area contributed by atoms with Crippen molar-refractivity contribution < 1.29 is 29.0 Å². The number of aliphatic carboxylic acids is 2. The van der Waals surface area contributed by atoms with E-state index in [4.69, 9.17) is 44.9 Å². The Bertz CT molecular complexity index is 1060. The van der Waals surface area contributed by atoms with E-state index in [0.717, 1.165) is 16.7 Å². The van der Waals surface area contributed by atoms with E-state index in [9.17, 15) is 19.5 Å². The maximum absolute atomic E-state index is 12.6. The minimum absolute atomic E-state index is 0.0394. The molecular weight excluding hydrogens is 461 g/mol. The summed E-state index contributed by atoms with van der Waals surface area (Å²) in [6.45, 7) is 0. The molecule has 1 unspecified atom stereocenters. The predicted octanol–water partition coefficient (Wildman–Crippen LogP) is 4.38. The van der Waals surface area contributed by atoms with E-state index in [-0.39, 0.29) is 9.23 Å². The SMILES string of the molecule is O=C(O)CC(C(=O)O)N1C(=O)C(=Cc2ccc(-c3ccc(Cl)cc3Cl)o2)SC1=S. The Morgan fingerprint density at radius 1 is 1.24 bits per heavy atom. The van der Waals surface area contributed by atoms with Crippen molar-refractivity contribution in [2.75, 3.05) is 0 Å². The summed E-state index contributed by atoms with van der Waals surface area (Å²) in [6, 6.07) is 6.59. The van der Waals surface area contributed by atoms with Crippen LogP contribution in [0.2, 0.25) is 10.0 Å². The number of benzene rings is 1. The van der Waals surface area contributed by atoms with Crippen LogP contribution in [0.1, 0.15) is 12.2 Å². The topological polar surface area (TPSA) is 108 Å². The number of thioether (sulfide) groups is 1. The van der Waals surface area contributed by atoms with E-state index in [0.29, 0.717) is 27.1 Å². The third kappa shape index (κ3) is 4.64. The summed E-state index contributed by atoms with van der Waals surface area (Å²) in [5.41, 5.74) is 0.607. The van der Waals surface area contributed by atoms with Crippen LogP contribution in [0.5, 0.6) is 0 Å². The van der Waals surface area contributed by atoms with Gasteiger partial charge >= 0.3 is 11.9 Å². The third-order valence-electron chi connectivity index (χ3n) is 3.88. The maximum atomic E-state index is 12.6. The molecule has 0 radical (unpaired) electrons. The van der Waals surface area contributed by atoms with Crippen LogP contribution in [0.4, 0.5) is 0 Å². The minimum atomic E-state index is -1.59. The zero-order valence-corrected chi connectivity index (χ0v) is 17.4. The molecule has 0 spiro atoms. The van der Waals surface area contributed by atoms with Gasteiger partial charge in [-0.2, -0.15) is 0 Å². The summed E-state index contributed by atoms with van der Waals surface area (Å²) >= 11 is 18.0. The molecule has 1 aliphatic heterocycles. The van der Waals surface area contributed by atoms with Crippen LogP contribution < -0.4 is 0 Å². The first-order valence-corrected chi connectivity index (χ1v) is 9.92. The fourth-order valence-electron chi connectivity index (χ4n) is 2.60. The van der Waals surface area contributed by atoms with Crippen LogP contribution in [-0.2, 0) is 14.4 Å². The van der Waals surface area contributed by atoms with Crippen LogP contribution in [0.25, 0.3) is 17.4 Å². The van der Waals surface area contributed by atoms with Crippen LogP contribution in [0.3, 0.4) is 0 Å². The lowest BCUT2D eigenvalue weighted by Crippen LogP contribution is -2.45. The largest absolute Gasteiger partial charge is 0.481 e. The molecule has 29 heavy (non-hydrogen) atoms. The summed E-state index contributed by atoms with van der Waals surface area (Å²) < 4.78 is 5.66. The number of carbonyl (C=O) groups is 3. The van der Waals surface area contributed by atoms with Crippen LogP contribution in [0, 0.1) is 0 Å². The zero-order valence-electron chi connectivity index (χ0n) is 14.3. The number of carbonyl (C=O) groups excluding carboxylic acids is 1. The molecule has 1 amide bonds. The summed E-state index contributed by atoms with van der Waals surface area (Å²) in [7, 11) is 0. The molecule has 2 heterocycles. The van der Waals surface area contributed by atoms with Crippen LogP contribution >= 0.6 is 47.2 Å². The minimum Gasteiger partial charge on any atom is -0.481 e. The average molecular weight is 472 g/mol. The van der Waals surface area contributed by atoms with Crippen molar-refractivity contribution in [3.8, 4) is 11.3 Å². The second-order valence-electron chi connectivity index (χ2n) is 5.83. The lowest BCUT2D eigenvalue weighted by Gasteiger charge is -2.21. The second kappa shape index (κ2) is 8.58. The standard InChI is InChI=1S/C18H11Cl2NO6S2/c19-8-1-3-10(11(20)5-8)13-4-2-9(27-13)6-14-16(24)21(18(28)29-14)12(17(25)26)7-15(22)23/h1-6,12H,7H2,(H,22,23)(H,25,26). The number of halogens is 2. The molecular formula is C18H11Cl2NO6S2. The van der Waals surface area contributed by atoms with Gasteiger partial charge in [-0.3, -0.25) is 14.5 Å². The average Bonchev–Trinajstić information content (AvgIpc) is 3.18. The normalized spacial score (nSPS) is 16.5. The number of nitrogens with zero attached hydrogens (tertiary/aromatic N) is 1. The predicted molar refractivity (Wildman–Crippen MR) is 113 cm³/mol. The fourth-order valence-corrected chi connectivity index (χ4v) is 4.44. The Kier molecular flexibility index (Phi) is 6.33. The van der Waals surface area contributed by atoms with Gasteiger partial charge in [-0.1, -0.05) is 47.2 Å². The first-order valence-electron chi connectivity index (χ1n) is 7.94. The summed E-state index contributed by atoms with van der Waals surface area (Å²) in [5.74, 6) is -2.75. The lowest BCUT2D eigenvalue weighted by atomic mass is 10.2. The molecule has 1 aliphatic rings. The highest BCUT2D eigenvalue weighted by Crippen LogP contribution is 2.36. The Balaban J connectivity index is 1.87. The van der Waals surface area contributed by atoms with Gasteiger partial charge in [-0.05, 0) is 30.3 Å². The number of amides is 1. The van der Waals surface area contributed by atoms with Crippen LogP contribution in [-0.4, -0.2) is 43.3 Å². The van der Waals surface area contributed by atoms with E-state index in [2.05, 4.69) is 0 Å². The molecule has 1 saturated heterocycles. The van der Waals surface area contributed by atoms with Gasteiger partial charge in [-0.25, -0.2) is 4.79 Å². The van der Waals surface area contributed by atoms with Gasteiger partial charge in [0.1, 0.15) is 21.9 Å². The van der Waals surface area contributed by atoms with Gasteiger partial charge in [0, 0.05) is 16.7 Å². The number of thiocarbonyl (C=S) groups is 1. The molecule has 7 nitrogen and oxygen atoms in total. The van der Waals surface area contributed by atoms with Crippen molar-refractivity contribution in [1.82, 2.24) is 4.90 Å². The first-order chi connectivity index (χ1) is 13.7. The number of carboxylic acid groups (broad SMARTS) is 2. The van der Waals surface area contributed by atoms with Gasteiger partial charge in [-0.15, -0.1) is 0 Å². The summed E-state index contributed by atoms with van der Waals surface area (Å²) in [5, 5.41) is 19.1. The van der Waals surface area contributed by atoms with Gasteiger partial charge < -0.3 is 14.6 Å². The van der Waals surface area contributed by atoms with Gasteiger partial charge in [0.2, 0.25) is 0 Å². The molecule has 0 bridgehead atoms. The highest BCUT2D eigenvalue weighted by Gasteiger charge is 2.41. The Morgan fingerprint density at radius 3 is 2.59 bits per heavy atom. The number of rotatable bonds is 6. The van der Waals surface area contributed by atoms with Crippen molar-refractivity contribution in [2.24, 2.45) is 0 Å². The Hall–Kier alpha value is -2.33. The maximum Gasteiger partial charge on any atom is 0.327 e. The van der Waals surface area contributed by atoms with Crippen molar-refractivity contribution >= 4 is 75.4 Å². The number of furan rings is 1. The molecule has 2 N–H and O–H groups in total. The van der Waals surface area contributed by atoms with Gasteiger partial charge in [0.15, 0.2) is 0 Å². The summed E-state index contributed by atoms with van der Waals surface area (Å²) in [4.78, 5) is 35.9. The molecule has 1 atom stereocenters. The molecule has 1 aromatic carbocycles. The number of hydrogen-bond donors (Lipinski definition) is 2. The Morgan fingerprint density at radius 2 is 1.97 bits per heavy atom. The summed E-state index contributed by atoms with van der Waals surface area (Å²) in [6.07, 6.45) is 0.640. The van der Waals surface area contributed by atoms with Crippen LogP contribution in [0.15, 0.2) is 39.7 Å². The molecule has 3 rings (SSSR count). The molecule has 11 heteroatoms. The van der Waals surface area contributed by atoms with Gasteiger partial charge in [0.05, 0.1) is 16.3 Å². The van der Waals surface area contributed by atoms with E-state index < -0.39 is 30.3 Å². The van der Waals surface area contributed by atoms with Crippen molar-refractivity contribution in [3.63, 3.8) is 0 Å². The van der Waals surface area contributed by atoms with Crippen molar-refractivity contribution in [1.29, 1.82) is 0 Å². The van der Waals surface area contributed by atoms with Crippen molar-refractivity contribution in [2.45, 2.75) is 12.5 Å². The van der Waals surface area contributed by atoms with E-state index in [1.165, 1.54) is 6.08 Å². The molecule has 2 aromatic rings. The molecule has 0 saturated carbocycles.